The van der Waals surface area contributed by atoms with E-state index in [1.54, 1.807) is 6.92 Å². The highest BCUT2D eigenvalue weighted by molar-refractivity contribution is 7.51. The van der Waals surface area contributed by atoms with Gasteiger partial charge in [0, 0.05) is 10.6 Å². The maximum atomic E-state index is 10.3. The van der Waals surface area contributed by atoms with E-state index in [2.05, 4.69) is 0 Å². The van der Waals surface area contributed by atoms with Gasteiger partial charge in [-0.2, -0.15) is 8.42 Å². The lowest BCUT2D eigenvalue weighted by atomic mass is 10.4. The number of nitrogens with two attached hydrogens (primary N) is 1. The molecule has 1 rings (SSSR count). The summed E-state index contributed by atoms with van der Waals surface area (Å²) in [6.07, 6.45) is 0. The van der Waals surface area contributed by atoms with E-state index in [9.17, 15) is 4.79 Å². The highest BCUT2D eigenvalue weighted by Gasteiger charge is 2.07. The lowest BCUT2D eigenvalue weighted by Crippen LogP contribution is -1.90. The predicted octanol–water partition coefficient (Wildman–Crippen LogP) is 0.667. The molecule has 0 aliphatic carbocycles. The number of rotatable bonds is 1. The topological polar surface area (TPSA) is 97.5 Å². The minimum absolute atomic E-state index is 0.301. The van der Waals surface area contributed by atoms with E-state index in [-0.39, 0.29) is 0 Å². The summed E-state index contributed by atoms with van der Waals surface area (Å²) in [6.45, 7) is 1.80. The van der Waals surface area contributed by atoms with Crippen molar-refractivity contribution in [2.24, 2.45) is 0 Å². The molecule has 1 aromatic rings. The molecule has 5 nitrogen and oxygen atoms in total. The Kier molecular flexibility index (Phi) is 4.93. The largest absolute Gasteiger partial charge is 0.477 e. The maximum absolute atomic E-state index is 10.3. The molecule has 0 atom stereocenters. The molecule has 0 aromatic carbocycles. The summed E-state index contributed by atoms with van der Waals surface area (Å²) in [5, 5.41) is 8.48. The number of aryl methyl sites for hydroxylation is 1. The van der Waals surface area contributed by atoms with E-state index in [0.29, 0.717) is 10.6 Å². The van der Waals surface area contributed by atoms with Crippen molar-refractivity contribution in [3.63, 3.8) is 0 Å². The molecule has 72 valence electrons. The Morgan fingerprint density at radius 1 is 1.62 bits per heavy atom. The Labute approximate surface area is 81.8 Å². The number of nitrogen functional groups attached to an aromatic ring is 1. The van der Waals surface area contributed by atoms with Crippen molar-refractivity contribution in [1.82, 2.24) is 0 Å². The van der Waals surface area contributed by atoms with Crippen LogP contribution in [0.5, 0.6) is 0 Å². The molecule has 1 aromatic heterocycles. The van der Waals surface area contributed by atoms with E-state index in [1.165, 1.54) is 17.4 Å². The van der Waals surface area contributed by atoms with E-state index in [0.717, 1.165) is 4.88 Å². The highest BCUT2D eigenvalue weighted by Crippen LogP contribution is 2.22. The molecule has 1 heterocycles. The van der Waals surface area contributed by atoms with Gasteiger partial charge in [-0.05, 0) is 13.0 Å². The van der Waals surface area contributed by atoms with Crippen LogP contribution in [-0.2, 0) is 11.6 Å². The van der Waals surface area contributed by atoms with Crippen LogP contribution in [0.25, 0.3) is 0 Å². The SMILES string of the molecule is Cc1sc(C(=O)O)cc1N.O=S=O. The average molecular weight is 221 g/mol. The van der Waals surface area contributed by atoms with Crippen LogP contribution >= 0.6 is 11.3 Å². The van der Waals surface area contributed by atoms with E-state index >= 15 is 0 Å². The van der Waals surface area contributed by atoms with Gasteiger partial charge in [0.1, 0.15) is 4.88 Å². The molecule has 0 bridgehead atoms. The normalized spacial score (nSPS) is 8.38. The molecule has 0 aliphatic heterocycles. The molecule has 0 spiro atoms. The first-order chi connectivity index (χ1) is 6.02. The van der Waals surface area contributed by atoms with Gasteiger partial charge >= 0.3 is 17.5 Å². The summed E-state index contributed by atoms with van der Waals surface area (Å²) in [5.41, 5.74) is 5.98. The molecular weight excluding hydrogens is 214 g/mol. The zero-order valence-electron chi connectivity index (χ0n) is 6.64. The van der Waals surface area contributed by atoms with E-state index in [4.69, 9.17) is 19.3 Å². The molecule has 0 saturated heterocycles. The third-order valence-corrected chi connectivity index (χ3v) is 2.22. The molecular formula is C6H7NO4S2. The number of carboxylic acid groups (broad SMARTS) is 1. The van der Waals surface area contributed by atoms with Gasteiger partial charge in [-0.1, -0.05) is 0 Å². The van der Waals surface area contributed by atoms with Crippen LogP contribution in [0.2, 0.25) is 0 Å². The van der Waals surface area contributed by atoms with Gasteiger partial charge in [0.25, 0.3) is 0 Å². The first kappa shape index (κ1) is 11.8. The fraction of sp³-hybridized carbons (Fsp3) is 0.167. The zero-order chi connectivity index (χ0) is 10.4. The minimum atomic E-state index is -0.912. The summed E-state index contributed by atoms with van der Waals surface area (Å²) in [7, 11) is 0. The number of carbonyl (C=O) groups is 1. The molecule has 0 radical (unpaired) electrons. The van der Waals surface area contributed by atoms with Crippen LogP contribution in [-0.4, -0.2) is 19.5 Å². The zero-order valence-corrected chi connectivity index (χ0v) is 8.28. The predicted molar refractivity (Wildman–Crippen MR) is 49.3 cm³/mol. The molecule has 0 fully saturated rings. The summed E-state index contributed by atoms with van der Waals surface area (Å²) >= 11 is 0.448. The Morgan fingerprint density at radius 2 is 2.08 bits per heavy atom. The average Bonchev–Trinajstić information content (AvgIpc) is 2.34. The monoisotopic (exact) mass is 221 g/mol. The molecule has 13 heavy (non-hydrogen) atoms. The van der Waals surface area contributed by atoms with Gasteiger partial charge < -0.3 is 10.8 Å². The number of thiophene rings is 1. The van der Waals surface area contributed by atoms with Crippen molar-refractivity contribution in [2.75, 3.05) is 5.73 Å². The van der Waals surface area contributed by atoms with Crippen molar-refractivity contribution in [3.05, 3.63) is 15.8 Å². The van der Waals surface area contributed by atoms with Crippen molar-refractivity contribution in [3.8, 4) is 0 Å². The highest BCUT2D eigenvalue weighted by atomic mass is 32.1. The van der Waals surface area contributed by atoms with Gasteiger partial charge in [0.15, 0.2) is 0 Å². The molecule has 0 saturated carbocycles. The first-order valence-electron chi connectivity index (χ1n) is 3.04. The lowest BCUT2D eigenvalue weighted by molar-refractivity contribution is 0.0702. The van der Waals surface area contributed by atoms with Crippen LogP contribution in [0.4, 0.5) is 5.69 Å². The van der Waals surface area contributed by atoms with Crippen molar-refractivity contribution in [2.45, 2.75) is 6.92 Å². The lowest BCUT2D eigenvalue weighted by Gasteiger charge is -1.80. The fourth-order valence-electron chi connectivity index (χ4n) is 0.602. The number of hydrogen-bond donors (Lipinski definition) is 2. The van der Waals surface area contributed by atoms with Crippen LogP contribution in [0.1, 0.15) is 14.5 Å². The van der Waals surface area contributed by atoms with Crippen LogP contribution < -0.4 is 5.73 Å². The number of aromatic carboxylic acids is 1. The molecule has 0 unspecified atom stereocenters. The smallest absolute Gasteiger partial charge is 0.345 e. The van der Waals surface area contributed by atoms with E-state index < -0.39 is 17.5 Å². The van der Waals surface area contributed by atoms with Crippen molar-refractivity contribution >= 4 is 34.6 Å². The van der Waals surface area contributed by atoms with Gasteiger partial charge in [0.2, 0.25) is 0 Å². The Morgan fingerprint density at radius 3 is 2.23 bits per heavy atom. The second-order valence-electron chi connectivity index (χ2n) is 2.00. The fourth-order valence-corrected chi connectivity index (χ4v) is 1.38. The van der Waals surface area contributed by atoms with Crippen LogP contribution in [0.3, 0.4) is 0 Å². The van der Waals surface area contributed by atoms with E-state index in [1.807, 2.05) is 0 Å². The molecule has 0 aliphatic rings. The van der Waals surface area contributed by atoms with Crippen LogP contribution in [0, 0.1) is 6.92 Å². The summed E-state index contributed by atoms with van der Waals surface area (Å²) < 4.78 is 16.6. The van der Waals surface area contributed by atoms with Crippen molar-refractivity contribution < 1.29 is 18.3 Å². The summed E-state index contributed by atoms with van der Waals surface area (Å²) in [4.78, 5) is 11.5. The number of carboxylic acids is 1. The summed E-state index contributed by atoms with van der Waals surface area (Å²) in [6, 6.07) is 1.47. The van der Waals surface area contributed by atoms with Gasteiger partial charge in [0.05, 0.1) is 0 Å². The second-order valence-corrected chi connectivity index (χ2v) is 3.39. The Balaban J connectivity index is 0.000000424. The third-order valence-electron chi connectivity index (χ3n) is 1.17. The number of hydrogen-bond acceptors (Lipinski definition) is 5. The third kappa shape index (κ3) is 3.81. The molecule has 0 amide bonds. The standard InChI is InChI=1S/C6H7NO2S.O2S/c1-3-4(7)2-5(10-3)6(8)9;1-3-2/h2H,7H2,1H3,(H,8,9);. The Hall–Kier alpha value is -1.21. The first-order valence-corrected chi connectivity index (χ1v) is 4.52. The summed E-state index contributed by atoms with van der Waals surface area (Å²) in [5.74, 6) is -0.912. The minimum Gasteiger partial charge on any atom is -0.477 e. The van der Waals surface area contributed by atoms with Crippen molar-refractivity contribution in [1.29, 1.82) is 0 Å². The molecule has 7 heteroatoms. The second kappa shape index (κ2) is 5.44. The van der Waals surface area contributed by atoms with Gasteiger partial charge in [-0.3, -0.25) is 0 Å². The van der Waals surface area contributed by atoms with Gasteiger partial charge in [-0.15, -0.1) is 11.3 Å². The van der Waals surface area contributed by atoms with Crippen LogP contribution in [0.15, 0.2) is 6.07 Å². The quantitative estimate of drug-likeness (QED) is 0.726. The van der Waals surface area contributed by atoms with Gasteiger partial charge in [-0.25, -0.2) is 4.79 Å². The maximum Gasteiger partial charge on any atom is 0.345 e. The Bertz CT molecular complexity index is 321. The number of anilines is 1. The molecule has 3 N–H and O–H groups in total.